The van der Waals surface area contributed by atoms with E-state index in [1.807, 2.05) is 13.0 Å². The van der Waals surface area contributed by atoms with Crippen molar-refractivity contribution in [2.45, 2.75) is 19.9 Å². The Labute approximate surface area is 186 Å². The maximum Gasteiger partial charge on any atom is 0.341 e. The van der Waals surface area contributed by atoms with Crippen molar-refractivity contribution in [1.29, 1.82) is 0 Å². The van der Waals surface area contributed by atoms with E-state index in [1.165, 1.54) is 21.3 Å². The van der Waals surface area contributed by atoms with Crippen molar-refractivity contribution in [3.05, 3.63) is 42.0 Å². The number of amides is 3. The molecule has 3 rings (SSSR count). The lowest BCUT2D eigenvalue weighted by Gasteiger charge is -2.31. The number of anilines is 1. The lowest BCUT2D eigenvalue weighted by atomic mass is 9.87. The van der Waals surface area contributed by atoms with Crippen molar-refractivity contribution < 1.29 is 28.5 Å². The fraction of sp³-hybridized carbons (Fsp3) is 0.348. The Balaban J connectivity index is 2.01. The number of carbonyl (C=O) groups is 2. The molecule has 0 aliphatic carbocycles. The van der Waals surface area contributed by atoms with Gasteiger partial charge in [0.25, 0.3) is 0 Å². The van der Waals surface area contributed by atoms with Crippen molar-refractivity contribution in [2.24, 2.45) is 10.9 Å². The summed E-state index contributed by atoms with van der Waals surface area (Å²) in [4.78, 5) is 29.6. The summed E-state index contributed by atoms with van der Waals surface area (Å²) in [7, 11) is 4.51. The third-order valence-electron chi connectivity index (χ3n) is 5.11. The second kappa shape index (κ2) is 10.0. The van der Waals surface area contributed by atoms with E-state index in [9.17, 15) is 9.59 Å². The van der Waals surface area contributed by atoms with Crippen LogP contribution in [0.5, 0.6) is 23.0 Å². The van der Waals surface area contributed by atoms with Crippen molar-refractivity contribution in [3.8, 4) is 23.0 Å². The zero-order chi connectivity index (χ0) is 23.3. The Morgan fingerprint density at radius 1 is 1.06 bits per heavy atom. The Hall–Kier alpha value is -3.75. The van der Waals surface area contributed by atoms with E-state index in [2.05, 4.69) is 15.6 Å². The molecule has 0 fully saturated rings. The molecule has 0 radical (unpaired) electrons. The van der Waals surface area contributed by atoms with Crippen LogP contribution in [0.25, 0.3) is 0 Å². The molecule has 3 amide bonds. The summed E-state index contributed by atoms with van der Waals surface area (Å²) in [5.41, 5.74) is 1.53. The summed E-state index contributed by atoms with van der Waals surface area (Å²) in [6.07, 6.45) is 0. The van der Waals surface area contributed by atoms with Crippen LogP contribution in [-0.2, 0) is 4.79 Å². The molecule has 9 heteroatoms. The van der Waals surface area contributed by atoms with Crippen LogP contribution in [0.15, 0.2) is 41.4 Å². The first kappa shape index (κ1) is 22.9. The van der Waals surface area contributed by atoms with Crippen molar-refractivity contribution in [3.63, 3.8) is 0 Å². The number of ether oxygens (including phenoxy) is 4. The van der Waals surface area contributed by atoms with Crippen LogP contribution in [0.3, 0.4) is 0 Å². The first-order valence-electron chi connectivity index (χ1n) is 10.1. The average Bonchev–Trinajstić information content (AvgIpc) is 2.78. The molecular weight excluding hydrogens is 414 g/mol. The number of aliphatic imine (C=N–C) groups is 1. The van der Waals surface area contributed by atoms with E-state index in [4.69, 9.17) is 18.9 Å². The lowest BCUT2D eigenvalue weighted by Crippen LogP contribution is -2.45. The summed E-state index contributed by atoms with van der Waals surface area (Å²) >= 11 is 0. The largest absolute Gasteiger partial charge is 0.493 e. The van der Waals surface area contributed by atoms with Gasteiger partial charge in [-0.05, 0) is 43.7 Å². The van der Waals surface area contributed by atoms with Crippen LogP contribution >= 0.6 is 0 Å². The van der Waals surface area contributed by atoms with E-state index < -0.39 is 18.0 Å². The Morgan fingerprint density at radius 3 is 2.31 bits per heavy atom. The average molecular weight is 441 g/mol. The zero-order valence-corrected chi connectivity index (χ0v) is 18.7. The third-order valence-corrected chi connectivity index (χ3v) is 5.11. The van der Waals surface area contributed by atoms with Gasteiger partial charge in [-0.25, -0.2) is 9.79 Å². The highest BCUT2D eigenvalue weighted by molar-refractivity contribution is 6.13. The molecule has 1 aliphatic rings. The highest BCUT2D eigenvalue weighted by atomic mass is 16.5. The smallest absolute Gasteiger partial charge is 0.341 e. The van der Waals surface area contributed by atoms with E-state index in [0.717, 1.165) is 0 Å². The lowest BCUT2D eigenvalue weighted by molar-refractivity contribution is -0.118. The summed E-state index contributed by atoms with van der Waals surface area (Å²) in [6.45, 7) is 3.98. The number of nitrogens with zero attached hydrogens (tertiary/aromatic N) is 1. The second-order valence-corrected chi connectivity index (χ2v) is 7.04. The summed E-state index contributed by atoms with van der Waals surface area (Å²) in [6, 6.07) is 9.35. The van der Waals surface area contributed by atoms with Gasteiger partial charge in [0.05, 0.1) is 39.7 Å². The van der Waals surface area contributed by atoms with Gasteiger partial charge in [-0.3, -0.25) is 4.79 Å². The number of hydrogen-bond donors (Lipinski definition) is 2. The van der Waals surface area contributed by atoms with Gasteiger partial charge in [-0.2, -0.15) is 0 Å². The van der Waals surface area contributed by atoms with Crippen molar-refractivity contribution >= 4 is 23.3 Å². The number of urea groups is 1. The van der Waals surface area contributed by atoms with Gasteiger partial charge in [0.15, 0.2) is 11.5 Å². The first-order chi connectivity index (χ1) is 15.4. The molecule has 2 atom stereocenters. The normalized spacial score (nSPS) is 17.7. The number of carbonyl (C=O) groups excluding carboxylic acids is 2. The molecule has 0 spiro atoms. The number of rotatable bonds is 8. The predicted molar refractivity (Wildman–Crippen MR) is 120 cm³/mol. The SMILES string of the molecule is CCOc1ccccc1NC(=O)C1C(C)=NC(=O)NC1c1cc(OC)c(OC)c(OC)c1. The molecule has 9 nitrogen and oxygen atoms in total. The van der Waals surface area contributed by atoms with E-state index in [-0.39, 0.29) is 5.91 Å². The van der Waals surface area contributed by atoms with Gasteiger partial charge in [0.2, 0.25) is 11.7 Å². The standard InChI is InChI=1S/C23H27N3O6/c1-6-32-16-10-8-7-9-15(16)25-22(27)19-13(2)24-23(28)26-20(19)14-11-17(29-3)21(31-5)18(12-14)30-4/h7-12,19-20H,6H2,1-5H3,(H,25,27)(H,26,28). The summed E-state index contributed by atoms with van der Waals surface area (Å²) in [5.74, 6) is 0.691. The number of nitrogens with one attached hydrogen (secondary N) is 2. The van der Waals surface area contributed by atoms with Gasteiger partial charge < -0.3 is 29.6 Å². The van der Waals surface area contributed by atoms with Crippen LogP contribution in [0.4, 0.5) is 10.5 Å². The van der Waals surface area contributed by atoms with Gasteiger partial charge in [-0.15, -0.1) is 0 Å². The molecule has 1 aliphatic heterocycles. The first-order valence-corrected chi connectivity index (χ1v) is 10.1. The molecule has 1 heterocycles. The molecule has 2 N–H and O–H groups in total. The monoisotopic (exact) mass is 441 g/mol. The molecule has 0 aromatic heterocycles. The van der Waals surface area contributed by atoms with Gasteiger partial charge in [0, 0.05) is 5.71 Å². The number of methoxy groups -OCH3 is 3. The topological polar surface area (TPSA) is 107 Å². The quantitative estimate of drug-likeness (QED) is 0.648. The van der Waals surface area contributed by atoms with Gasteiger partial charge in [-0.1, -0.05) is 12.1 Å². The highest BCUT2D eigenvalue weighted by Crippen LogP contribution is 2.41. The van der Waals surface area contributed by atoms with Crippen LogP contribution < -0.4 is 29.6 Å². The minimum absolute atomic E-state index is 0.336. The molecule has 170 valence electrons. The van der Waals surface area contributed by atoms with Crippen LogP contribution in [0.1, 0.15) is 25.5 Å². The van der Waals surface area contributed by atoms with Crippen molar-refractivity contribution in [2.75, 3.05) is 33.3 Å². The number of hydrogen-bond acceptors (Lipinski definition) is 6. The van der Waals surface area contributed by atoms with E-state index >= 15 is 0 Å². The third kappa shape index (κ3) is 4.61. The maximum absolute atomic E-state index is 13.4. The molecule has 0 saturated heterocycles. The fourth-order valence-electron chi connectivity index (χ4n) is 3.68. The summed E-state index contributed by atoms with van der Waals surface area (Å²) < 4.78 is 21.8. The Kier molecular flexibility index (Phi) is 7.19. The molecule has 32 heavy (non-hydrogen) atoms. The minimum atomic E-state index is -0.773. The zero-order valence-electron chi connectivity index (χ0n) is 18.7. The Bertz CT molecular complexity index is 1010. The molecule has 0 bridgehead atoms. The second-order valence-electron chi connectivity index (χ2n) is 7.04. The van der Waals surface area contributed by atoms with E-state index in [0.29, 0.717) is 46.6 Å². The van der Waals surface area contributed by atoms with Crippen LogP contribution in [-0.4, -0.2) is 45.6 Å². The number of para-hydroxylation sites is 2. The van der Waals surface area contributed by atoms with Gasteiger partial charge >= 0.3 is 6.03 Å². The highest BCUT2D eigenvalue weighted by Gasteiger charge is 2.38. The van der Waals surface area contributed by atoms with Gasteiger partial charge in [0.1, 0.15) is 11.7 Å². The molecular formula is C23H27N3O6. The minimum Gasteiger partial charge on any atom is -0.493 e. The molecule has 2 unspecified atom stereocenters. The predicted octanol–water partition coefficient (Wildman–Crippen LogP) is 3.59. The number of benzene rings is 2. The van der Waals surface area contributed by atoms with Crippen molar-refractivity contribution in [1.82, 2.24) is 5.32 Å². The molecule has 2 aromatic carbocycles. The van der Waals surface area contributed by atoms with E-state index in [1.54, 1.807) is 37.3 Å². The van der Waals surface area contributed by atoms with Crippen LogP contribution in [0, 0.1) is 5.92 Å². The van der Waals surface area contributed by atoms with Crippen LogP contribution in [0.2, 0.25) is 0 Å². The maximum atomic E-state index is 13.4. The fourth-order valence-corrected chi connectivity index (χ4v) is 3.68. The molecule has 2 aromatic rings. The summed E-state index contributed by atoms with van der Waals surface area (Å²) in [5, 5.41) is 5.70. The molecule has 0 saturated carbocycles. The Morgan fingerprint density at radius 2 is 1.72 bits per heavy atom.